The van der Waals surface area contributed by atoms with Gasteiger partial charge in [0, 0.05) is 18.3 Å². The molecule has 0 amide bonds. The van der Waals surface area contributed by atoms with E-state index in [1.807, 2.05) is 12.5 Å². The van der Waals surface area contributed by atoms with Crippen molar-refractivity contribution in [3.05, 3.63) is 18.2 Å². The summed E-state index contributed by atoms with van der Waals surface area (Å²) in [6, 6.07) is 0.652. The summed E-state index contributed by atoms with van der Waals surface area (Å²) >= 11 is 0. The molecule has 0 saturated heterocycles. The number of rotatable bonds is 3. The van der Waals surface area contributed by atoms with Crippen molar-refractivity contribution in [2.45, 2.75) is 59.0 Å². The lowest BCUT2D eigenvalue weighted by atomic mass is 9.87. The molecule has 96 valence electrons. The Balaban J connectivity index is 2.31. The highest BCUT2D eigenvalue weighted by atomic mass is 15.1. The summed E-state index contributed by atoms with van der Waals surface area (Å²) in [5.74, 6) is 0.454. The zero-order valence-electron chi connectivity index (χ0n) is 11.5. The third-order valence-corrected chi connectivity index (χ3v) is 4.29. The normalized spacial score (nSPS) is 25.4. The van der Waals surface area contributed by atoms with Crippen LogP contribution in [0, 0.1) is 11.3 Å². The largest absolute Gasteiger partial charge is 0.330 e. The van der Waals surface area contributed by atoms with Crippen LogP contribution in [0.2, 0.25) is 0 Å². The van der Waals surface area contributed by atoms with E-state index in [4.69, 9.17) is 5.73 Å². The minimum atomic E-state index is 0.0916. The zero-order valence-corrected chi connectivity index (χ0v) is 11.5. The molecular weight excluding hydrogens is 210 g/mol. The molecule has 0 spiro atoms. The molecule has 1 heterocycles. The van der Waals surface area contributed by atoms with Crippen LogP contribution in [0.3, 0.4) is 0 Å². The lowest BCUT2D eigenvalue weighted by Crippen LogP contribution is -2.27. The second-order valence-corrected chi connectivity index (χ2v) is 6.39. The Morgan fingerprint density at radius 3 is 2.71 bits per heavy atom. The van der Waals surface area contributed by atoms with Crippen LogP contribution in [0.4, 0.5) is 0 Å². The van der Waals surface area contributed by atoms with Crippen molar-refractivity contribution in [2.24, 2.45) is 17.1 Å². The van der Waals surface area contributed by atoms with E-state index in [0.717, 1.165) is 0 Å². The SMILES string of the molecule is CC(C)C(N)c1cncn1C1CCCC1(C)C. The van der Waals surface area contributed by atoms with Gasteiger partial charge in [-0.3, -0.25) is 0 Å². The van der Waals surface area contributed by atoms with Gasteiger partial charge in [0.2, 0.25) is 0 Å². The molecule has 0 bridgehead atoms. The Kier molecular flexibility index (Phi) is 3.30. The van der Waals surface area contributed by atoms with E-state index in [0.29, 0.717) is 17.4 Å². The highest BCUT2D eigenvalue weighted by molar-refractivity contribution is 5.09. The van der Waals surface area contributed by atoms with Gasteiger partial charge in [-0.05, 0) is 24.2 Å². The summed E-state index contributed by atoms with van der Waals surface area (Å²) in [7, 11) is 0. The molecule has 3 nitrogen and oxygen atoms in total. The quantitative estimate of drug-likeness (QED) is 0.873. The molecule has 1 saturated carbocycles. The van der Waals surface area contributed by atoms with Crippen LogP contribution in [0.25, 0.3) is 0 Å². The van der Waals surface area contributed by atoms with Gasteiger partial charge in [0.25, 0.3) is 0 Å². The highest BCUT2D eigenvalue weighted by Crippen LogP contribution is 2.46. The summed E-state index contributed by atoms with van der Waals surface area (Å²) in [6.45, 7) is 9.05. The predicted molar refractivity (Wildman–Crippen MR) is 70.7 cm³/mol. The molecule has 1 aromatic rings. The fraction of sp³-hybridized carbons (Fsp3) is 0.786. The van der Waals surface area contributed by atoms with Gasteiger partial charge >= 0.3 is 0 Å². The molecule has 2 rings (SSSR count). The fourth-order valence-corrected chi connectivity index (χ4v) is 3.00. The lowest BCUT2D eigenvalue weighted by molar-refractivity contribution is 0.251. The lowest BCUT2D eigenvalue weighted by Gasteiger charge is -2.31. The predicted octanol–water partition coefficient (Wildman–Crippen LogP) is 3.29. The number of aromatic nitrogens is 2. The monoisotopic (exact) mass is 235 g/mol. The maximum Gasteiger partial charge on any atom is 0.0951 e. The Bertz CT molecular complexity index is 379. The topological polar surface area (TPSA) is 43.8 Å². The van der Waals surface area contributed by atoms with Gasteiger partial charge in [0.1, 0.15) is 0 Å². The van der Waals surface area contributed by atoms with Crippen molar-refractivity contribution in [1.29, 1.82) is 0 Å². The smallest absolute Gasteiger partial charge is 0.0951 e. The molecule has 1 fully saturated rings. The molecule has 3 heteroatoms. The van der Waals surface area contributed by atoms with Crippen LogP contribution in [0.15, 0.2) is 12.5 Å². The van der Waals surface area contributed by atoms with Crippen LogP contribution in [-0.2, 0) is 0 Å². The van der Waals surface area contributed by atoms with Crippen LogP contribution in [0.1, 0.15) is 64.7 Å². The van der Waals surface area contributed by atoms with Gasteiger partial charge in [0.05, 0.1) is 12.0 Å². The number of hydrogen-bond acceptors (Lipinski definition) is 2. The van der Waals surface area contributed by atoms with E-state index in [9.17, 15) is 0 Å². The average Bonchev–Trinajstić information content (AvgIpc) is 2.81. The first-order valence-corrected chi connectivity index (χ1v) is 6.71. The van der Waals surface area contributed by atoms with E-state index in [1.165, 1.54) is 25.0 Å². The number of hydrogen-bond donors (Lipinski definition) is 1. The van der Waals surface area contributed by atoms with E-state index in [1.54, 1.807) is 0 Å². The van der Waals surface area contributed by atoms with Crippen LogP contribution in [-0.4, -0.2) is 9.55 Å². The van der Waals surface area contributed by atoms with Gasteiger partial charge in [-0.2, -0.15) is 0 Å². The second-order valence-electron chi connectivity index (χ2n) is 6.39. The van der Waals surface area contributed by atoms with Gasteiger partial charge in [-0.1, -0.05) is 34.1 Å². The van der Waals surface area contributed by atoms with Gasteiger partial charge in [-0.15, -0.1) is 0 Å². The molecule has 1 aliphatic carbocycles. The molecule has 2 atom stereocenters. The minimum absolute atomic E-state index is 0.0916. The number of nitrogens with two attached hydrogens (primary N) is 1. The molecule has 0 radical (unpaired) electrons. The summed E-state index contributed by atoms with van der Waals surface area (Å²) in [4.78, 5) is 4.32. The van der Waals surface area contributed by atoms with Crippen molar-refractivity contribution >= 4 is 0 Å². The van der Waals surface area contributed by atoms with E-state index in [2.05, 4.69) is 37.2 Å². The molecule has 1 aromatic heterocycles. The molecule has 17 heavy (non-hydrogen) atoms. The fourth-order valence-electron chi connectivity index (χ4n) is 3.00. The Morgan fingerprint density at radius 1 is 1.47 bits per heavy atom. The molecule has 2 N–H and O–H groups in total. The van der Waals surface area contributed by atoms with E-state index < -0.39 is 0 Å². The van der Waals surface area contributed by atoms with Gasteiger partial charge < -0.3 is 10.3 Å². The first kappa shape index (κ1) is 12.6. The Labute approximate surface area is 104 Å². The summed E-state index contributed by atoms with van der Waals surface area (Å²) in [6.07, 6.45) is 7.77. The van der Waals surface area contributed by atoms with Crippen molar-refractivity contribution in [1.82, 2.24) is 9.55 Å². The van der Waals surface area contributed by atoms with Crippen molar-refractivity contribution in [3.63, 3.8) is 0 Å². The molecular formula is C14H25N3. The second kappa shape index (κ2) is 4.45. The summed E-state index contributed by atoms with van der Waals surface area (Å²) in [5.41, 5.74) is 7.84. The van der Waals surface area contributed by atoms with Crippen molar-refractivity contribution in [3.8, 4) is 0 Å². The molecule has 0 aromatic carbocycles. The molecule has 1 aliphatic rings. The van der Waals surface area contributed by atoms with Crippen LogP contribution >= 0.6 is 0 Å². The zero-order chi connectivity index (χ0) is 12.6. The Hall–Kier alpha value is -0.830. The third kappa shape index (κ3) is 2.25. The molecule has 2 unspecified atom stereocenters. The van der Waals surface area contributed by atoms with E-state index in [-0.39, 0.29) is 6.04 Å². The van der Waals surface area contributed by atoms with Crippen molar-refractivity contribution in [2.75, 3.05) is 0 Å². The third-order valence-electron chi connectivity index (χ3n) is 4.29. The van der Waals surface area contributed by atoms with Crippen molar-refractivity contribution < 1.29 is 0 Å². The summed E-state index contributed by atoms with van der Waals surface area (Å²) < 4.78 is 2.33. The first-order chi connectivity index (χ1) is 7.93. The maximum absolute atomic E-state index is 6.28. The highest BCUT2D eigenvalue weighted by Gasteiger charge is 2.37. The minimum Gasteiger partial charge on any atom is -0.330 e. The summed E-state index contributed by atoms with van der Waals surface area (Å²) in [5, 5.41) is 0. The first-order valence-electron chi connectivity index (χ1n) is 6.71. The average molecular weight is 235 g/mol. The molecule has 0 aliphatic heterocycles. The number of imidazole rings is 1. The number of nitrogens with zero attached hydrogens (tertiary/aromatic N) is 2. The van der Waals surface area contributed by atoms with Crippen LogP contribution < -0.4 is 5.73 Å². The van der Waals surface area contributed by atoms with Crippen LogP contribution in [0.5, 0.6) is 0 Å². The van der Waals surface area contributed by atoms with Gasteiger partial charge in [0.15, 0.2) is 0 Å². The Morgan fingerprint density at radius 2 is 2.18 bits per heavy atom. The van der Waals surface area contributed by atoms with E-state index >= 15 is 0 Å². The maximum atomic E-state index is 6.28. The standard InChI is InChI=1S/C14H25N3/c1-10(2)13(15)11-8-16-9-17(11)12-6-5-7-14(12,3)4/h8-10,12-13H,5-7,15H2,1-4H3. The van der Waals surface area contributed by atoms with Gasteiger partial charge in [-0.25, -0.2) is 4.98 Å².